The van der Waals surface area contributed by atoms with E-state index in [-0.39, 0.29) is 111 Å². The summed E-state index contributed by atoms with van der Waals surface area (Å²) in [5.41, 5.74) is 0. The molecule has 0 aromatic carbocycles. The molecule has 42 heteroatoms. The minimum Gasteiger partial charge on any atom is -0.623 e. The number of nitrogens with zero attached hydrogens (tertiary/aromatic N) is 5. The van der Waals surface area contributed by atoms with Gasteiger partial charge in [-0.2, -0.15) is 9.48 Å². The van der Waals surface area contributed by atoms with Crippen molar-refractivity contribution in [2.45, 2.75) is 222 Å². The van der Waals surface area contributed by atoms with Crippen LogP contribution in [0.25, 0.3) is 0 Å². The van der Waals surface area contributed by atoms with Gasteiger partial charge in [-0.05, 0) is 113 Å². The Bertz CT molecular complexity index is 2770. The molecule has 5 aliphatic rings. The molecule has 0 bridgehead atoms. The Balaban J connectivity index is 0. The van der Waals surface area contributed by atoms with Crippen molar-refractivity contribution >= 4 is 70.3 Å². The lowest BCUT2D eigenvalue weighted by Gasteiger charge is -2.34. The zero-order valence-corrected chi connectivity index (χ0v) is 69.6. The van der Waals surface area contributed by atoms with Gasteiger partial charge in [0.25, 0.3) is 10.6 Å². The van der Waals surface area contributed by atoms with E-state index in [1.165, 1.54) is 91.6 Å². The molecule has 0 saturated carbocycles. The third-order valence-electron chi connectivity index (χ3n) is 17.2. The van der Waals surface area contributed by atoms with Gasteiger partial charge in [0.2, 0.25) is 0 Å². The van der Waals surface area contributed by atoms with Crippen LogP contribution in [0.1, 0.15) is 189 Å². The molecule has 104 heavy (non-hydrogen) atoms. The molecular formula is C62H123N5O31P6. The van der Waals surface area contributed by atoms with Gasteiger partial charge in [-0.1, -0.05) is 40.0 Å². The van der Waals surface area contributed by atoms with Crippen molar-refractivity contribution in [2.75, 3.05) is 118 Å². The number of aliphatic hydroxyl groups is 3. The first-order valence-electron chi connectivity index (χ1n) is 35.5. The second-order valence-corrected chi connectivity index (χ2v) is 38.7. The molecule has 2 fully saturated rings. The Hall–Kier alpha value is -3.16. The molecule has 10 atom stereocenters. The second-order valence-electron chi connectivity index (χ2n) is 24.0. The first-order valence-corrected chi connectivity index (χ1v) is 45.1. The number of hydrogen-bond donors (Lipinski definition) is 3. The van der Waals surface area contributed by atoms with Crippen molar-refractivity contribution in [3.8, 4) is 0 Å². The van der Waals surface area contributed by atoms with Crippen molar-refractivity contribution in [3.05, 3.63) is 52.9 Å². The van der Waals surface area contributed by atoms with Gasteiger partial charge in [-0.3, -0.25) is 58.0 Å². The number of ether oxygens (including phenoxy) is 3. The highest BCUT2D eigenvalue weighted by Gasteiger charge is 2.67. The summed E-state index contributed by atoms with van der Waals surface area (Å²) in [7, 11) is -18.3. The van der Waals surface area contributed by atoms with E-state index in [2.05, 4.69) is 25.5 Å². The number of unbranched alkanes of at least 4 members (excludes halogenated alkanes) is 3. The highest BCUT2D eigenvalue weighted by Crippen LogP contribution is 2.68. The lowest BCUT2D eigenvalue weighted by atomic mass is 10.00. The van der Waals surface area contributed by atoms with E-state index in [1.807, 2.05) is 0 Å². The molecule has 0 aliphatic carbocycles. The number of carbonyl (C=O) groups excluding carboxylic acids is 2. The second kappa shape index (κ2) is 51.3. The summed E-state index contributed by atoms with van der Waals surface area (Å²) in [5, 5.41) is 78.3. The quantitative estimate of drug-likeness (QED) is 0.0128. The third kappa shape index (κ3) is 28.6. The number of rotatable bonds is 41. The molecule has 6 unspecified atom stereocenters. The number of esters is 2. The smallest absolute Gasteiger partial charge is 0.407 e. The summed E-state index contributed by atoms with van der Waals surface area (Å²) < 4.78 is 129. The van der Waals surface area contributed by atoms with Crippen LogP contribution in [0.15, 0.2) is 12.2 Å². The average Bonchev–Trinajstić information content (AvgIpc) is 1.45. The van der Waals surface area contributed by atoms with E-state index in [1.54, 1.807) is 93.8 Å². The van der Waals surface area contributed by atoms with Crippen LogP contribution in [-0.4, -0.2) is 215 Å². The molecule has 3 N–H and O–H groups in total. The summed E-state index contributed by atoms with van der Waals surface area (Å²) in [6, 6.07) is 0. The lowest BCUT2D eigenvalue weighted by molar-refractivity contribution is -0.550. The molecule has 5 rings (SSSR count). The molecule has 612 valence electrons. The summed E-state index contributed by atoms with van der Waals surface area (Å²) in [6.07, 6.45) is 18.6. The van der Waals surface area contributed by atoms with E-state index < -0.39 is 116 Å². The maximum Gasteiger partial charge on any atom is 0.407 e. The Labute approximate surface area is 615 Å². The maximum atomic E-state index is 12.7. The fraction of sp³-hybridized carbons (Fsp3) is 0.903. The highest BCUT2D eigenvalue weighted by atomic mass is 31.2. The number of cyclic esters (lactones) is 2. The first-order chi connectivity index (χ1) is 48.8. The molecule has 2 saturated heterocycles. The van der Waals surface area contributed by atoms with Crippen molar-refractivity contribution in [3.63, 3.8) is 0 Å². The van der Waals surface area contributed by atoms with Crippen LogP contribution >= 0.6 is 45.9 Å². The van der Waals surface area contributed by atoms with Crippen molar-refractivity contribution in [1.82, 2.24) is 0 Å². The van der Waals surface area contributed by atoms with Gasteiger partial charge in [0.1, 0.15) is 13.2 Å². The van der Waals surface area contributed by atoms with Crippen LogP contribution in [0, 0.1) is 64.4 Å². The SMILES string of the molecule is CCCCP(CCCC)CCCC.CCOP(=O)(OCC)C(C)(C1COC(=O)C1)[N+](=O)[O-].CCOP(=O)(OCC)C(C)(C1COC(O)C1)[N+](=O)[O-].CCOP(=O)(OCC)C(C)[N+](=O)[O-].CCOP(=O)(OCC)[C@]1(C)[C@@H](CO)CC=[N+]1[O-].CCOP(=O)(OCC)[C@]1(C)[C@H](CO)CC=[N+]1[O-].O=C1C=CCO1. The molecular weight excluding hydrogens is 1500 g/mol. The predicted octanol–water partition coefficient (Wildman–Crippen LogP) is 13.4. The topological polar surface area (TPSA) is 482 Å². The van der Waals surface area contributed by atoms with Gasteiger partial charge in [0, 0.05) is 74.7 Å². The zero-order chi connectivity index (χ0) is 80.4. The van der Waals surface area contributed by atoms with E-state index in [0.717, 1.165) is 0 Å². The van der Waals surface area contributed by atoms with Gasteiger partial charge in [-0.15, -0.1) is 7.92 Å². The minimum atomic E-state index is -4.00. The molecule has 0 aromatic heterocycles. The number of hydrogen-bond acceptors (Lipinski definition) is 31. The van der Waals surface area contributed by atoms with E-state index in [9.17, 15) is 88.5 Å². The number of aliphatic hydroxyl groups excluding tert-OH is 3. The standard InChI is InChI=1S/C12H27P.C10H20NO7P.C10H18NO7P.2C10H20NO5P.C6H14NO5P.C4H4O2/c1-4-7-10-13(11-8-5-2)12-9-6-3;2*1-4-17-19(15,18-5-2)10(3,11(13)14)8-6-9(12)16-7-8;2*1-4-15-17(14,16-5-2)10(3)9(8-12)6-7-11(10)13;1-4-11-13(10,12-5-2)6(3)7(8)9;5-4-2-1-3-6-4/h4-12H2,1-3H3;8-9,12H,4-7H2,1-3H3;8H,4-7H2,1-3H3;2*7,9,12H,4-6,8H2,1-3H3;6H,4-5H2,1-3H3;1-2H,3H2/t;;;9-,10+;9-,10-;;/m...01../s1. The average molecular weight is 1620 g/mol. The fourth-order valence-corrected chi connectivity index (χ4v) is 23.8. The van der Waals surface area contributed by atoms with Crippen molar-refractivity contribution in [1.29, 1.82) is 0 Å². The summed E-state index contributed by atoms with van der Waals surface area (Å²) in [4.78, 5) is 52.3. The van der Waals surface area contributed by atoms with Gasteiger partial charge in [0.15, 0.2) is 18.7 Å². The molecule has 0 radical (unpaired) electrons. The van der Waals surface area contributed by atoms with E-state index >= 15 is 0 Å². The van der Waals surface area contributed by atoms with Crippen LogP contribution < -0.4 is 0 Å². The zero-order valence-electron chi connectivity index (χ0n) is 64.3. The van der Waals surface area contributed by atoms with Gasteiger partial charge < -0.3 is 85.2 Å². The van der Waals surface area contributed by atoms with E-state index in [4.69, 9.17) is 54.7 Å². The van der Waals surface area contributed by atoms with Gasteiger partial charge in [0.05, 0.1) is 116 Å². The monoisotopic (exact) mass is 1620 g/mol. The molecule has 0 amide bonds. The molecule has 5 aliphatic heterocycles. The number of nitro groups is 3. The molecule has 5 heterocycles. The van der Waals surface area contributed by atoms with Gasteiger partial charge >= 0.3 is 66.3 Å². The lowest BCUT2D eigenvalue weighted by Crippen LogP contribution is -2.44. The molecule has 36 nitrogen and oxygen atoms in total. The van der Waals surface area contributed by atoms with Crippen LogP contribution in [0.3, 0.4) is 0 Å². The first kappa shape index (κ1) is 103. The van der Waals surface area contributed by atoms with Crippen LogP contribution in [0.4, 0.5) is 0 Å². The van der Waals surface area contributed by atoms with E-state index in [0.29, 0.717) is 36.8 Å². The van der Waals surface area contributed by atoms with Gasteiger partial charge in [-0.25, -0.2) is 4.79 Å². The Morgan fingerprint density at radius 1 is 0.577 bits per heavy atom. The molecule has 0 spiro atoms. The number of carbonyl (C=O) groups is 2. The predicted molar refractivity (Wildman–Crippen MR) is 394 cm³/mol. The van der Waals surface area contributed by atoms with Crippen LogP contribution in [0.5, 0.6) is 0 Å². The largest absolute Gasteiger partial charge is 0.623 e. The number of hydroxylamine groups is 2. The fourth-order valence-electron chi connectivity index (χ4n) is 10.7. The van der Waals surface area contributed by atoms with Crippen LogP contribution in [-0.2, 0) is 91.9 Å². The van der Waals surface area contributed by atoms with Crippen molar-refractivity contribution < 1.29 is 131 Å². The third-order valence-corrected chi connectivity index (χ3v) is 33.8. The molecule has 0 aromatic rings. The Morgan fingerprint density at radius 3 is 1.15 bits per heavy atom. The highest BCUT2D eigenvalue weighted by molar-refractivity contribution is 7.57. The Morgan fingerprint density at radius 2 is 0.923 bits per heavy atom. The van der Waals surface area contributed by atoms with Crippen molar-refractivity contribution in [2.24, 2.45) is 23.7 Å². The van der Waals surface area contributed by atoms with Crippen LogP contribution in [0.2, 0.25) is 0 Å². The Kier molecular flexibility index (Phi) is 50.8. The summed E-state index contributed by atoms with van der Waals surface area (Å²) >= 11 is 0. The summed E-state index contributed by atoms with van der Waals surface area (Å²) in [6.45, 7) is 30.9. The maximum absolute atomic E-state index is 12.7. The normalized spacial score (nSPS) is 23.0. The minimum absolute atomic E-state index is 0.0161. The summed E-state index contributed by atoms with van der Waals surface area (Å²) in [5.74, 6) is -4.53.